The molecule has 174 valence electrons. The van der Waals surface area contributed by atoms with Gasteiger partial charge < -0.3 is 10.2 Å². The Kier molecular flexibility index (Phi) is 4.82. The molecule has 3 aliphatic rings. The van der Waals surface area contributed by atoms with Crippen LogP contribution in [0.15, 0.2) is 48.9 Å². The van der Waals surface area contributed by atoms with Gasteiger partial charge in [0.1, 0.15) is 0 Å². The van der Waals surface area contributed by atoms with Crippen molar-refractivity contribution in [2.75, 3.05) is 18.4 Å². The van der Waals surface area contributed by atoms with E-state index in [1.807, 2.05) is 23.1 Å². The van der Waals surface area contributed by atoms with Crippen molar-refractivity contribution < 1.29 is 18.0 Å². The van der Waals surface area contributed by atoms with E-state index in [0.717, 1.165) is 31.1 Å². The fourth-order valence-corrected chi connectivity index (χ4v) is 5.24. The molecule has 1 saturated heterocycles. The van der Waals surface area contributed by atoms with E-state index in [1.54, 1.807) is 24.5 Å². The number of aromatic nitrogens is 3. The van der Waals surface area contributed by atoms with Crippen molar-refractivity contribution in [3.8, 4) is 0 Å². The Bertz CT molecular complexity index is 1260. The number of hydrogen-bond acceptors (Lipinski definition) is 5. The summed E-state index contributed by atoms with van der Waals surface area (Å²) in [6.07, 6.45) is 2.08. The van der Waals surface area contributed by atoms with Crippen LogP contribution in [-0.2, 0) is 6.18 Å². The maximum Gasteiger partial charge on any atom is 0.419 e. The van der Waals surface area contributed by atoms with Crippen molar-refractivity contribution in [3.63, 3.8) is 0 Å². The topological polar surface area (TPSA) is 71.0 Å². The van der Waals surface area contributed by atoms with Gasteiger partial charge in [-0.05, 0) is 54.7 Å². The van der Waals surface area contributed by atoms with Crippen molar-refractivity contribution in [2.24, 2.45) is 0 Å². The first-order valence-corrected chi connectivity index (χ1v) is 11.4. The summed E-state index contributed by atoms with van der Waals surface area (Å²) < 4.78 is 40.0. The number of piperidine rings is 1. The fraction of sp³-hybridized carbons (Fsp3) is 0.360. The van der Waals surface area contributed by atoms with Crippen LogP contribution in [0.5, 0.6) is 0 Å². The number of likely N-dealkylation sites (tertiary alicyclic amines) is 1. The lowest BCUT2D eigenvalue weighted by atomic mass is 9.95. The van der Waals surface area contributed by atoms with E-state index in [1.165, 1.54) is 11.1 Å². The summed E-state index contributed by atoms with van der Waals surface area (Å²) in [6, 6.07) is 9.52. The van der Waals surface area contributed by atoms with Crippen LogP contribution in [0, 0.1) is 0 Å². The number of anilines is 2. The SMILES string of the molecule is O=C(c1cccnc1)N1CC2CC(C1)c1cc(Nc3ncc(C(F)(F)F)c(C4CC4)n3)ccc12. The van der Waals surface area contributed by atoms with Gasteiger partial charge in [-0.3, -0.25) is 9.78 Å². The highest BCUT2D eigenvalue weighted by molar-refractivity contribution is 5.94. The van der Waals surface area contributed by atoms with Gasteiger partial charge in [-0.15, -0.1) is 0 Å². The van der Waals surface area contributed by atoms with Crippen molar-refractivity contribution >= 4 is 17.5 Å². The highest BCUT2D eigenvalue weighted by atomic mass is 19.4. The number of nitrogens with zero attached hydrogens (tertiary/aromatic N) is 4. The van der Waals surface area contributed by atoms with E-state index in [4.69, 9.17) is 0 Å². The average Bonchev–Trinajstić information content (AvgIpc) is 3.65. The van der Waals surface area contributed by atoms with Gasteiger partial charge in [0.25, 0.3) is 5.91 Å². The van der Waals surface area contributed by atoms with E-state index < -0.39 is 11.7 Å². The van der Waals surface area contributed by atoms with Crippen LogP contribution in [-0.4, -0.2) is 38.8 Å². The van der Waals surface area contributed by atoms with E-state index in [2.05, 4.69) is 20.3 Å². The summed E-state index contributed by atoms with van der Waals surface area (Å²) in [5, 5.41) is 3.10. The lowest BCUT2D eigenvalue weighted by Crippen LogP contribution is -2.39. The number of pyridine rings is 1. The fourth-order valence-electron chi connectivity index (χ4n) is 5.24. The van der Waals surface area contributed by atoms with Gasteiger partial charge in [0.2, 0.25) is 5.95 Å². The third-order valence-corrected chi connectivity index (χ3v) is 6.96. The Morgan fingerprint density at radius 2 is 1.82 bits per heavy atom. The van der Waals surface area contributed by atoms with Crippen LogP contribution in [0.4, 0.5) is 24.8 Å². The average molecular weight is 465 g/mol. The van der Waals surface area contributed by atoms with Crippen LogP contribution < -0.4 is 5.32 Å². The van der Waals surface area contributed by atoms with Gasteiger partial charge in [-0.25, -0.2) is 9.97 Å². The van der Waals surface area contributed by atoms with Gasteiger partial charge in [-0.2, -0.15) is 13.2 Å². The minimum Gasteiger partial charge on any atom is -0.337 e. The third kappa shape index (κ3) is 3.78. The summed E-state index contributed by atoms with van der Waals surface area (Å²) in [6.45, 7) is 1.29. The molecular weight excluding hydrogens is 443 g/mol. The van der Waals surface area contributed by atoms with Crippen LogP contribution in [0.3, 0.4) is 0 Å². The van der Waals surface area contributed by atoms with E-state index in [0.29, 0.717) is 18.7 Å². The second kappa shape index (κ2) is 7.78. The Labute approximate surface area is 194 Å². The molecule has 0 spiro atoms. The molecule has 1 aliphatic heterocycles. The molecule has 2 aliphatic carbocycles. The molecule has 6 rings (SSSR count). The summed E-state index contributed by atoms with van der Waals surface area (Å²) in [5.41, 5.74) is 3.04. The molecular formula is C25H22F3N5O. The molecule has 34 heavy (non-hydrogen) atoms. The Balaban J connectivity index is 1.23. The Morgan fingerprint density at radius 3 is 2.53 bits per heavy atom. The molecule has 6 nitrogen and oxygen atoms in total. The molecule has 2 atom stereocenters. The zero-order valence-electron chi connectivity index (χ0n) is 18.2. The van der Waals surface area contributed by atoms with Crippen LogP contribution in [0.25, 0.3) is 0 Å². The van der Waals surface area contributed by atoms with E-state index in [9.17, 15) is 18.0 Å². The molecule has 9 heteroatoms. The molecule has 1 N–H and O–H groups in total. The Morgan fingerprint density at radius 1 is 1.03 bits per heavy atom. The highest BCUT2D eigenvalue weighted by Crippen LogP contribution is 2.48. The maximum atomic E-state index is 13.3. The number of hydrogen-bond donors (Lipinski definition) is 1. The molecule has 2 fully saturated rings. The quantitative estimate of drug-likeness (QED) is 0.571. The van der Waals surface area contributed by atoms with Crippen molar-refractivity contribution in [1.82, 2.24) is 19.9 Å². The summed E-state index contributed by atoms with van der Waals surface area (Å²) in [4.78, 5) is 27.1. The normalized spacial score (nSPS) is 21.3. The predicted molar refractivity (Wildman–Crippen MR) is 119 cm³/mol. The van der Waals surface area contributed by atoms with Crippen LogP contribution in [0.1, 0.15) is 69.8 Å². The molecule has 3 aromatic rings. The predicted octanol–water partition coefficient (Wildman–Crippen LogP) is 5.24. The maximum absolute atomic E-state index is 13.3. The summed E-state index contributed by atoms with van der Waals surface area (Å²) in [7, 11) is 0. The number of alkyl halides is 3. The monoisotopic (exact) mass is 465 g/mol. The first-order valence-electron chi connectivity index (χ1n) is 11.4. The zero-order chi connectivity index (χ0) is 23.4. The largest absolute Gasteiger partial charge is 0.419 e. The molecule has 1 amide bonds. The first-order chi connectivity index (χ1) is 16.4. The van der Waals surface area contributed by atoms with E-state index in [-0.39, 0.29) is 35.3 Å². The minimum atomic E-state index is -4.46. The summed E-state index contributed by atoms with van der Waals surface area (Å²) in [5.74, 6) is 0.491. The second-order valence-electron chi connectivity index (χ2n) is 9.31. The van der Waals surface area contributed by atoms with Crippen molar-refractivity contribution in [1.29, 1.82) is 0 Å². The van der Waals surface area contributed by atoms with Crippen molar-refractivity contribution in [2.45, 2.75) is 43.2 Å². The van der Waals surface area contributed by atoms with Crippen molar-refractivity contribution in [3.05, 3.63) is 76.9 Å². The smallest absolute Gasteiger partial charge is 0.337 e. The number of carbonyl (C=O) groups excluding carboxylic acids is 1. The Hall–Kier alpha value is -3.49. The third-order valence-electron chi connectivity index (χ3n) is 6.96. The summed E-state index contributed by atoms with van der Waals surface area (Å²) >= 11 is 0. The molecule has 2 unspecified atom stereocenters. The molecule has 0 radical (unpaired) electrons. The molecule has 1 aromatic carbocycles. The van der Waals surface area contributed by atoms with Gasteiger partial charge >= 0.3 is 6.18 Å². The van der Waals surface area contributed by atoms with Gasteiger partial charge in [0, 0.05) is 55.1 Å². The standard InChI is InChI=1S/C25H22F3N5O/c26-25(27,28)21-11-30-24(32-22(21)14-3-4-14)31-18-5-6-19-16-8-17(20(19)9-18)13-33(12-16)23(34)15-2-1-7-29-10-15/h1-2,5-7,9-11,14,16-17H,3-4,8,12-13H2,(H,30,31,32). The lowest BCUT2D eigenvalue weighted by molar-refractivity contribution is -0.138. The number of halogens is 3. The van der Waals surface area contributed by atoms with Gasteiger partial charge in [0.15, 0.2) is 0 Å². The number of carbonyl (C=O) groups is 1. The minimum absolute atomic E-state index is 0.0142. The first kappa shape index (κ1) is 21.1. The molecule has 3 heterocycles. The lowest BCUT2D eigenvalue weighted by Gasteiger charge is -2.32. The molecule has 2 aromatic heterocycles. The number of nitrogens with one attached hydrogen (secondary N) is 1. The second-order valence-corrected chi connectivity index (χ2v) is 9.31. The molecule has 1 saturated carbocycles. The number of benzene rings is 1. The highest BCUT2D eigenvalue weighted by Gasteiger charge is 2.41. The number of amides is 1. The van der Waals surface area contributed by atoms with E-state index >= 15 is 0 Å². The number of rotatable bonds is 4. The number of fused-ring (bicyclic) bond motifs is 5. The van der Waals surface area contributed by atoms with Gasteiger partial charge in [0.05, 0.1) is 16.8 Å². The molecule has 2 bridgehead atoms. The van der Waals surface area contributed by atoms with Crippen LogP contribution >= 0.6 is 0 Å². The van der Waals surface area contributed by atoms with Crippen LogP contribution in [0.2, 0.25) is 0 Å². The van der Waals surface area contributed by atoms with Gasteiger partial charge in [-0.1, -0.05) is 6.07 Å². The zero-order valence-corrected chi connectivity index (χ0v) is 18.2.